The van der Waals surface area contributed by atoms with Crippen LogP contribution in [0.25, 0.3) is 11.3 Å². The summed E-state index contributed by atoms with van der Waals surface area (Å²) in [6, 6.07) is 3.96. The molecule has 0 unspecified atom stereocenters. The maximum Gasteiger partial charge on any atom is 0.240 e. The largest absolute Gasteiger partial charge is 0.352 e. The Morgan fingerprint density at radius 1 is 1.03 bits per heavy atom. The number of nitrogens with zero attached hydrogens (tertiary/aromatic N) is 3. The fourth-order valence-electron chi connectivity index (χ4n) is 3.29. The van der Waals surface area contributed by atoms with Gasteiger partial charge >= 0.3 is 0 Å². The second kappa shape index (κ2) is 9.15. The molecule has 1 aromatic heterocycles. The van der Waals surface area contributed by atoms with Crippen molar-refractivity contribution in [1.29, 1.82) is 0 Å². The zero-order chi connectivity index (χ0) is 21.1. The van der Waals surface area contributed by atoms with Crippen LogP contribution in [0.4, 0.5) is 13.9 Å². The number of nitrogens with one attached hydrogen (secondary N) is 2. The van der Waals surface area contributed by atoms with Gasteiger partial charge in [-0.25, -0.2) is 13.8 Å². The molecule has 0 radical (unpaired) electrons. The molecule has 0 bridgehead atoms. The monoisotopic (exact) mass is 435 g/mol. The molecule has 0 spiro atoms. The lowest BCUT2D eigenvalue weighted by molar-refractivity contribution is -0.123. The van der Waals surface area contributed by atoms with Gasteiger partial charge in [0, 0.05) is 43.2 Å². The minimum absolute atomic E-state index is 0.0734. The molecule has 2 amide bonds. The highest BCUT2D eigenvalue weighted by atomic mass is 32.1. The van der Waals surface area contributed by atoms with E-state index in [2.05, 4.69) is 20.5 Å². The first-order chi connectivity index (χ1) is 14.5. The third-order valence-corrected chi connectivity index (χ3v) is 5.87. The van der Waals surface area contributed by atoms with Crippen molar-refractivity contribution in [1.82, 2.24) is 20.1 Å². The Labute approximate surface area is 177 Å². The van der Waals surface area contributed by atoms with Gasteiger partial charge in [0.2, 0.25) is 11.8 Å². The highest BCUT2D eigenvalue weighted by molar-refractivity contribution is 7.14. The standard InChI is InChI=1S/C20H23F2N5O2S/c21-15-4-1-13(9-16(15)22)17-12-30-20(24-17)25-19(29)11-27-7-5-26(6-8-27)10-18(28)23-14-2-3-14/h1,4,9,12,14H,2-3,5-8,10-11H2,(H,23,28)(H,24,25,29). The van der Waals surface area contributed by atoms with Crippen molar-refractivity contribution in [2.45, 2.75) is 18.9 Å². The summed E-state index contributed by atoms with van der Waals surface area (Å²) in [6.45, 7) is 3.54. The quantitative estimate of drug-likeness (QED) is 0.695. The van der Waals surface area contributed by atoms with Gasteiger partial charge < -0.3 is 10.6 Å². The molecule has 1 saturated heterocycles. The molecule has 1 aromatic carbocycles. The van der Waals surface area contributed by atoms with E-state index < -0.39 is 11.6 Å². The molecule has 1 aliphatic heterocycles. The van der Waals surface area contributed by atoms with E-state index in [1.165, 1.54) is 17.4 Å². The highest BCUT2D eigenvalue weighted by Gasteiger charge is 2.25. The molecule has 30 heavy (non-hydrogen) atoms. The number of carbonyl (C=O) groups excluding carboxylic acids is 2. The molecular weight excluding hydrogens is 412 g/mol. The smallest absolute Gasteiger partial charge is 0.240 e. The predicted octanol–water partition coefficient (Wildman–Crippen LogP) is 1.92. The average molecular weight is 436 g/mol. The van der Waals surface area contributed by atoms with E-state index in [1.54, 1.807) is 5.38 Å². The van der Waals surface area contributed by atoms with Gasteiger partial charge in [0.15, 0.2) is 16.8 Å². The van der Waals surface area contributed by atoms with Crippen LogP contribution in [0.2, 0.25) is 0 Å². The second-order valence-corrected chi connectivity index (χ2v) is 8.47. The number of aromatic nitrogens is 1. The van der Waals surface area contributed by atoms with Crippen LogP contribution in [0.3, 0.4) is 0 Å². The van der Waals surface area contributed by atoms with Crippen LogP contribution in [0, 0.1) is 11.6 Å². The summed E-state index contributed by atoms with van der Waals surface area (Å²) in [5.41, 5.74) is 0.930. The number of piperazine rings is 1. The number of halogens is 2. The van der Waals surface area contributed by atoms with E-state index in [4.69, 9.17) is 0 Å². The SMILES string of the molecule is O=C(CN1CCN(CC(=O)NC2CC2)CC1)Nc1nc(-c2ccc(F)c(F)c2)cs1. The summed E-state index contributed by atoms with van der Waals surface area (Å²) < 4.78 is 26.5. The molecule has 4 rings (SSSR count). The molecular formula is C20H23F2N5O2S. The van der Waals surface area contributed by atoms with Crippen LogP contribution < -0.4 is 10.6 Å². The van der Waals surface area contributed by atoms with E-state index in [9.17, 15) is 18.4 Å². The number of carbonyl (C=O) groups is 2. The Morgan fingerprint density at radius 2 is 1.70 bits per heavy atom. The molecule has 160 valence electrons. The Kier molecular flexibility index (Phi) is 6.35. The van der Waals surface area contributed by atoms with Crippen LogP contribution >= 0.6 is 11.3 Å². The van der Waals surface area contributed by atoms with Gasteiger partial charge in [0.05, 0.1) is 18.8 Å². The number of amides is 2. The molecule has 2 aromatic rings. The number of rotatable bonds is 7. The highest BCUT2D eigenvalue weighted by Crippen LogP contribution is 2.26. The molecule has 2 aliphatic rings. The summed E-state index contributed by atoms with van der Waals surface area (Å²) >= 11 is 1.23. The van der Waals surface area contributed by atoms with Crippen LogP contribution in [-0.4, -0.2) is 71.9 Å². The second-order valence-electron chi connectivity index (χ2n) is 7.61. The van der Waals surface area contributed by atoms with E-state index in [0.717, 1.165) is 38.1 Å². The third-order valence-electron chi connectivity index (χ3n) is 5.11. The van der Waals surface area contributed by atoms with Crippen molar-refractivity contribution in [3.8, 4) is 11.3 Å². The lowest BCUT2D eigenvalue weighted by Gasteiger charge is -2.33. The number of thiazole rings is 1. The molecule has 0 atom stereocenters. The lowest BCUT2D eigenvalue weighted by Crippen LogP contribution is -2.51. The van der Waals surface area contributed by atoms with Crippen molar-refractivity contribution in [3.63, 3.8) is 0 Å². The van der Waals surface area contributed by atoms with E-state index in [0.29, 0.717) is 42.1 Å². The number of anilines is 1. The van der Waals surface area contributed by atoms with Gasteiger partial charge in [-0.1, -0.05) is 0 Å². The first-order valence-corrected chi connectivity index (χ1v) is 10.8. The lowest BCUT2D eigenvalue weighted by atomic mass is 10.2. The maximum absolute atomic E-state index is 13.4. The van der Waals surface area contributed by atoms with Crippen LogP contribution in [0.15, 0.2) is 23.6 Å². The maximum atomic E-state index is 13.4. The average Bonchev–Trinajstić information content (AvgIpc) is 3.40. The Bertz CT molecular complexity index is 926. The fraction of sp³-hybridized carbons (Fsp3) is 0.450. The van der Waals surface area contributed by atoms with Gasteiger partial charge in [-0.15, -0.1) is 11.3 Å². The van der Waals surface area contributed by atoms with E-state index in [1.807, 2.05) is 4.90 Å². The zero-order valence-electron chi connectivity index (χ0n) is 16.4. The summed E-state index contributed by atoms with van der Waals surface area (Å²) in [6.07, 6.45) is 2.16. The molecule has 2 heterocycles. The Balaban J connectivity index is 1.22. The third kappa shape index (κ3) is 5.59. The number of hydrogen-bond acceptors (Lipinski definition) is 6. The van der Waals surface area contributed by atoms with Gasteiger partial charge in [0.1, 0.15) is 0 Å². The van der Waals surface area contributed by atoms with Gasteiger partial charge in [0.25, 0.3) is 0 Å². The van der Waals surface area contributed by atoms with Crippen LogP contribution in [-0.2, 0) is 9.59 Å². The first kappa shape index (κ1) is 20.8. The topological polar surface area (TPSA) is 77.6 Å². The molecule has 2 N–H and O–H groups in total. The molecule has 2 fully saturated rings. The predicted molar refractivity (Wildman–Crippen MR) is 110 cm³/mol. The Morgan fingerprint density at radius 3 is 2.33 bits per heavy atom. The van der Waals surface area contributed by atoms with Gasteiger partial charge in [-0.2, -0.15) is 0 Å². The van der Waals surface area contributed by atoms with Crippen LogP contribution in [0.5, 0.6) is 0 Å². The fourth-order valence-corrected chi connectivity index (χ4v) is 4.03. The number of hydrogen-bond donors (Lipinski definition) is 2. The Hall–Kier alpha value is -2.43. The van der Waals surface area contributed by atoms with Crippen molar-refractivity contribution in [2.75, 3.05) is 44.6 Å². The minimum atomic E-state index is -0.935. The zero-order valence-corrected chi connectivity index (χ0v) is 17.2. The summed E-state index contributed by atoms with van der Waals surface area (Å²) in [5, 5.41) is 7.85. The minimum Gasteiger partial charge on any atom is -0.352 e. The van der Waals surface area contributed by atoms with E-state index >= 15 is 0 Å². The molecule has 1 saturated carbocycles. The first-order valence-electron chi connectivity index (χ1n) is 9.91. The van der Waals surface area contributed by atoms with Gasteiger partial charge in [-0.3, -0.25) is 19.4 Å². The summed E-state index contributed by atoms with van der Waals surface area (Å²) in [7, 11) is 0. The summed E-state index contributed by atoms with van der Waals surface area (Å²) in [4.78, 5) is 32.6. The molecule has 10 heteroatoms. The van der Waals surface area contributed by atoms with Crippen molar-refractivity contribution < 1.29 is 18.4 Å². The van der Waals surface area contributed by atoms with Crippen molar-refractivity contribution >= 4 is 28.3 Å². The van der Waals surface area contributed by atoms with E-state index in [-0.39, 0.29) is 18.4 Å². The van der Waals surface area contributed by atoms with Crippen LogP contribution in [0.1, 0.15) is 12.8 Å². The normalized spacial score (nSPS) is 17.7. The molecule has 1 aliphatic carbocycles. The van der Waals surface area contributed by atoms with Crippen molar-refractivity contribution in [2.24, 2.45) is 0 Å². The molecule has 7 nitrogen and oxygen atoms in total. The summed E-state index contributed by atoms with van der Waals surface area (Å²) in [5.74, 6) is -1.95. The van der Waals surface area contributed by atoms with Gasteiger partial charge in [-0.05, 0) is 31.0 Å². The number of benzene rings is 1. The van der Waals surface area contributed by atoms with Crippen molar-refractivity contribution in [3.05, 3.63) is 35.2 Å².